The monoisotopic (exact) mass is 220 g/mol. The highest BCUT2D eigenvalue weighted by Crippen LogP contribution is 2.38. The van der Waals surface area contributed by atoms with Gasteiger partial charge in [0, 0.05) is 18.6 Å². The van der Waals surface area contributed by atoms with Crippen LogP contribution in [0.15, 0.2) is 18.2 Å². The Morgan fingerprint density at radius 3 is 3.06 bits per heavy atom. The van der Waals surface area contributed by atoms with E-state index in [9.17, 15) is 14.9 Å². The molecule has 3 rings (SSSR count). The van der Waals surface area contributed by atoms with Crippen LogP contribution in [0.1, 0.15) is 17.2 Å². The summed E-state index contributed by atoms with van der Waals surface area (Å²) in [4.78, 5) is 21.2. The number of hydrogen-bond donors (Lipinski definition) is 1. The van der Waals surface area contributed by atoms with Crippen LogP contribution in [0.2, 0.25) is 0 Å². The van der Waals surface area contributed by atoms with E-state index < -0.39 is 11.0 Å². The molecule has 6 nitrogen and oxygen atoms in total. The summed E-state index contributed by atoms with van der Waals surface area (Å²) in [5, 5.41) is 13.3. The highest BCUT2D eigenvalue weighted by Gasteiger charge is 2.42. The van der Waals surface area contributed by atoms with Crippen molar-refractivity contribution in [3.63, 3.8) is 0 Å². The number of alkyl carbamates (subject to hydrolysis) is 1. The maximum atomic E-state index is 11.0. The number of carbonyl (C=O) groups is 1. The average molecular weight is 220 g/mol. The Labute approximate surface area is 90.4 Å². The molecule has 2 unspecified atom stereocenters. The van der Waals surface area contributed by atoms with E-state index in [4.69, 9.17) is 4.74 Å². The van der Waals surface area contributed by atoms with Crippen molar-refractivity contribution in [3.05, 3.63) is 39.4 Å². The van der Waals surface area contributed by atoms with Crippen molar-refractivity contribution in [1.82, 2.24) is 5.32 Å². The van der Waals surface area contributed by atoms with Gasteiger partial charge < -0.3 is 10.1 Å². The van der Waals surface area contributed by atoms with Crippen molar-refractivity contribution >= 4 is 11.8 Å². The number of nitro groups is 1. The van der Waals surface area contributed by atoms with Gasteiger partial charge in [-0.15, -0.1) is 0 Å². The minimum Gasteiger partial charge on any atom is -0.443 e. The van der Waals surface area contributed by atoms with E-state index in [1.54, 1.807) is 6.07 Å². The Morgan fingerprint density at radius 1 is 1.50 bits per heavy atom. The minimum atomic E-state index is -0.452. The van der Waals surface area contributed by atoms with Gasteiger partial charge in [-0.25, -0.2) is 4.79 Å². The molecule has 1 aliphatic carbocycles. The predicted octanol–water partition coefficient (Wildman–Crippen LogP) is 1.30. The Balaban J connectivity index is 2.04. The topological polar surface area (TPSA) is 81.5 Å². The molecule has 1 aromatic rings. The number of nitrogens with zero attached hydrogens (tertiary/aromatic N) is 1. The minimum absolute atomic E-state index is 0.0422. The third-order valence-corrected chi connectivity index (χ3v) is 3.00. The summed E-state index contributed by atoms with van der Waals surface area (Å²) in [7, 11) is 0. The number of ether oxygens (including phenoxy) is 1. The summed E-state index contributed by atoms with van der Waals surface area (Å²) >= 11 is 0. The third-order valence-electron chi connectivity index (χ3n) is 3.00. The van der Waals surface area contributed by atoms with Crippen LogP contribution in [-0.2, 0) is 11.2 Å². The van der Waals surface area contributed by atoms with E-state index in [0.29, 0.717) is 6.42 Å². The molecule has 1 saturated heterocycles. The lowest BCUT2D eigenvalue weighted by molar-refractivity contribution is -0.384. The first-order valence-corrected chi connectivity index (χ1v) is 4.89. The van der Waals surface area contributed by atoms with Crippen LogP contribution >= 0.6 is 0 Å². The fraction of sp³-hybridized carbons (Fsp3) is 0.300. The molecule has 2 aliphatic rings. The number of nitrogens with one attached hydrogen (secondary N) is 1. The molecule has 16 heavy (non-hydrogen) atoms. The Morgan fingerprint density at radius 2 is 2.31 bits per heavy atom. The third kappa shape index (κ3) is 1.16. The normalized spacial score (nSPS) is 25.6. The van der Waals surface area contributed by atoms with Gasteiger partial charge in [0.1, 0.15) is 6.10 Å². The number of nitro benzene ring substituents is 1. The maximum absolute atomic E-state index is 11.0. The number of fused-ring (bicyclic) bond motifs is 3. The number of carbonyl (C=O) groups excluding carboxylic acids is 1. The second-order valence-electron chi connectivity index (χ2n) is 3.91. The zero-order chi connectivity index (χ0) is 11.3. The average Bonchev–Trinajstić information content (AvgIpc) is 2.72. The van der Waals surface area contributed by atoms with Crippen LogP contribution in [0.25, 0.3) is 0 Å². The lowest BCUT2D eigenvalue weighted by Crippen LogP contribution is -2.18. The predicted molar refractivity (Wildman–Crippen MR) is 52.9 cm³/mol. The van der Waals surface area contributed by atoms with Crippen molar-refractivity contribution in [2.45, 2.75) is 18.6 Å². The lowest BCUT2D eigenvalue weighted by Gasteiger charge is -2.06. The fourth-order valence-electron chi connectivity index (χ4n) is 2.29. The van der Waals surface area contributed by atoms with E-state index in [1.807, 2.05) is 0 Å². The van der Waals surface area contributed by atoms with E-state index in [0.717, 1.165) is 11.1 Å². The summed E-state index contributed by atoms with van der Waals surface area (Å²) < 4.78 is 5.05. The summed E-state index contributed by atoms with van der Waals surface area (Å²) in [6.07, 6.45) is -0.0480. The van der Waals surface area contributed by atoms with Crippen LogP contribution in [0.5, 0.6) is 0 Å². The van der Waals surface area contributed by atoms with Crippen molar-refractivity contribution in [2.75, 3.05) is 0 Å². The van der Waals surface area contributed by atoms with Crippen molar-refractivity contribution in [3.8, 4) is 0 Å². The first-order chi connectivity index (χ1) is 7.65. The molecule has 1 heterocycles. The van der Waals surface area contributed by atoms with Crippen molar-refractivity contribution in [1.29, 1.82) is 0 Å². The number of benzene rings is 1. The van der Waals surface area contributed by atoms with Crippen molar-refractivity contribution in [2.24, 2.45) is 0 Å². The SMILES string of the molecule is O=C1NC2c3cc([N+](=O)[O-])ccc3CC2O1. The summed E-state index contributed by atoms with van der Waals surface area (Å²) in [5.41, 5.74) is 1.84. The van der Waals surface area contributed by atoms with Gasteiger partial charge in [-0.05, 0) is 11.1 Å². The second-order valence-corrected chi connectivity index (χ2v) is 3.91. The van der Waals surface area contributed by atoms with Gasteiger partial charge in [-0.2, -0.15) is 0 Å². The number of non-ortho nitro benzene ring substituents is 1. The van der Waals surface area contributed by atoms with E-state index >= 15 is 0 Å². The maximum Gasteiger partial charge on any atom is 0.408 e. The molecule has 0 radical (unpaired) electrons. The first kappa shape index (κ1) is 9.14. The number of rotatable bonds is 1. The molecule has 82 valence electrons. The largest absolute Gasteiger partial charge is 0.443 e. The Hall–Kier alpha value is -2.11. The van der Waals surface area contributed by atoms with Gasteiger partial charge in [-0.3, -0.25) is 10.1 Å². The smallest absolute Gasteiger partial charge is 0.408 e. The number of amides is 1. The standard InChI is InChI=1S/C10H8N2O4/c13-10-11-9-7-4-6(12(14)15)2-1-5(7)3-8(9)16-10/h1-2,4,8-9H,3H2,(H,11,13). The first-order valence-electron chi connectivity index (χ1n) is 4.89. The summed E-state index contributed by atoms with van der Waals surface area (Å²) in [6.45, 7) is 0. The molecular weight excluding hydrogens is 212 g/mol. The molecule has 1 N–H and O–H groups in total. The zero-order valence-electron chi connectivity index (χ0n) is 8.17. The van der Waals surface area contributed by atoms with Crippen LogP contribution in [-0.4, -0.2) is 17.1 Å². The van der Waals surface area contributed by atoms with Crippen LogP contribution in [0.3, 0.4) is 0 Å². The van der Waals surface area contributed by atoms with Gasteiger partial charge in [0.2, 0.25) is 0 Å². The van der Waals surface area contributed by atoms with E-state index in [2.05, 4.69) is 5.32 Å². The molecular formula is C10H8N2O4. The molecule has 1 aliphatic heterocycles. The highest BCUT2D eigenvalue weighted by atomic mass is 16.6. The van der Waals surface area contributed by atoms with Crippen molar-refractivity contribution < 1.29 is 14.5 Å². The lowest BCUT2D eigenvalue weighted by atomic mass is 10.1. The molecule has 0 spiro atoms. The highest BCUT2D eigenvalue weighted by molar-refractivity contribution is 5.72. The molecule has 0 saturated carbocycles. The van der Waals surface area contributed by atoms with Gasteiger partial charge in [-0.1, -0.05) is 6.07 Å². The fourth-order valence-corrected chi connectivity index (χ4v) is 2.29. The molecule has 0 aromatic heterocycles. The van der Waals surface area contributed by atoms with E-state index in [-0.39, 0.29) is 17.8 Å². The van der Waals surface area contributed by atoms with E-state index in [1.165, 1.54) is 12.1 Å². The summed E-state index contributed by atoms with van der Waals surface area (Å²) in [5.74, 6) is 0. The van der Waals surface area contributed by atoms with Gasteiger partial charge in [0.05, 0.1) is 11.0 Å². The Bertz CT molecular complexity index is 500. The molecule has 2 atom stereocenters. The van der Waals surface area contributed by atoms with Gasteiger partial charge >= 0.3 is 6.09 Å². The van der Waals surface area contributed by atoms with Crippen LogP contribution in [0.4, 0.5) is 10.5 Å². The second kappa shape index (κ2) is 2.94. The van der Waals surface area contributed by atoms with Crippen LogP contribution in [0, 0.1) is 10.1 Å². The molecule has 1 amide bonds. The molecule has 0 bridgehead atoms. The zero-order valence-corrected chi connectivity index (χ0v) is 8.17. The molecule has 1 aromatic carbocycles. The number of hydrogen-bond acceptors (Lipinski definition) is 4. The quantitative estimate of drug-likeness (QED) is 0.571. The van der Waals surface area contributed by atoms with Crippen LogP contribution < -0.4 is 5.32 Å². The Kier molecular flexibility index (Phi) is 1.68. The summed E-state index contributed by atoms with van der Waals surface area (Å²) in [6, 6.07) is 4.47. The van der Waals surface area contributed by atoms with Gasteiger partial charge in [0.25, 0.3) is 5.69 Å². The molecule has 1 fully saturated rings. The molecule has 6 heteroatoms. The van der Waals surface area contributed by atoms with Gasteiger partial charge in [0.15, 0.2) is 0 Å².